The average molecular weight is 452 g/mol. The van der Waals surface area contributed by atoms with Crippen molar-refractivity contribution in [2.75, 3.05) is 7.11 Å². The molecular formula is C25H24O8. The highest BCUT2D eigenvalue weighted by Gasteiger charge is 2.57. The fraction of sp³-hybridized carbons (Fsp3) is 0.360. The standard InChI is InChI=1S/C25H24O8/c1-25(2)32-22-21(29-13-14-7-5-4-6-8-14)20(31-24(22)33-25)19(26)17-11-15-9-10-16(28-3)12-18(15)30-23(17)27/h4-12,20-22,24H,13H2,1-3H3/t20-,21-,22-,24-/m1/s1. The summed E-state index contributed by atoms with van der Waals surface area (Å²) in [6.45, 7) is 3.79. The maximum Gasteiger partial charge on any atom is 0.347 e. The second-order valence-electron chi connectivity index (χ2n) is 8.50. The van der Waals surface area contributed by atoms with Crippen molar-refractivity contribution >= 4 is 16.8 Å². The molecule has 2 aliphatic rings. The van der Waals surface area contributed by atoms with E-state index < -0.39 is 41.8 Å². The third-order valence-corrected chi connectivity index (χ3v) is 5.74. The Morgan fingerprint density at radius 2 is 1.85 bits per heavy atom. The van der Waals surface area contributed by atoms with E-state index in [0.717, 1.165) is 5.56 Å². The number of benzene rings is 2. The number of hydrogen-bond acceptors (Lipinski definition) is 8. The van der Waals surface area contributed by atoms with Gasteiger partial charge in [-0.2, -0.15) is 0 Å². The van der Waals surface area contributed by atoms with E-state index in [-0.39, 0.29) is 12.2 Å². The Labute approximate surface area is 190 Å². The van der Waals surface area contributed by atoms with Crippen LogP contribution < -0.4 is 10.4 Å². The lowest BCUT2D eigenvalue weighted by atomic mass is 10.0. The molecule has 2 saturated heterocycles. The molecule has 0 bridgehead atoms. The maximum absolute atomic E-state index is 13.4. The van der Waals surface area contributed by atoms with Gasteiger partial charge in [-0.05, 0) is 37.6 Å². The van der Waals surface area contributed by atoms with E-state index in [9.17, 15) is 9.59 Å². The van der Waals surface area contributed by atoms with Gasteiger partial charge in [0.15, 0.2) is 18.2 Å². The van der Waals surface area contributed by atoms with Crippen molar-refractivity contribution in [3.63, 3.8) is 0 Å². The van der Waals surface area contributed by atoms with E-state index in [1.54, 1.807) is 32.0 Å². The van der Waals surface area contributed by atoms with Crippen molar-refractivity contribution in [2.45, 2.75) is 50.8 Å². The van der Waals surface area contributed by atoms with E-state index >= 15 is 0 Å². The van der Waals surface area contributed by atoms with Crippen LogP contribution in [-0.2, 0) is 25.6 Å². The van der Waals surface area contributed by atoms with Gasteiger partial charge in [0.25, 0.3) is 0 Å². The summed E-state index contributed by atoms with van der Waals surface area (Å²) in [7, 11) is 1.52. The molecule has 2 aliphatic heterocycles. The largest absolute Gasteiger partial charge is 0.497 e. The first-order chi connectivity index (χ1) is 15.8. The lowest BCUT2D eigenvalue weighted by molar-refractivity contribution is -0.212. The molecule has 0 aliphatic carbocycles. The molecular weight excluding hydrogens is 428 g/mol. The Morgan fingerprint density at radius 1 is 1.06 bits per heavy atom. The Kier molecular flexibility index (Phi) is 5.54. The molecule has 33 heavy (non-hydrogen) atoms. The minimum Gasteiger partial charge on any atom is -0.497 e. The second-order valence-corrected chi connectivity index (χ2v) is 8.50. The fourth-order valence-corrected chi connectivity index (χ4v) is 4.18. The molecule has 0 N–H and O–H groups in total. The van der Waals surface area contributed by atoms with Crippen LogP contribution in [0, 0.1) is 0 Å². The molecule has 0 amide bonds. The van der Waals surface area contributed by atoms with E-state index in [0.29, 0.717) is 16.7 Å². The van der Waals surface area contributed by atoms with Crippen molar-refractivity contribution in [2.24, 2.45) is 0 Å². The number of rotatable bonds is 6. The van der Waals surface area contributed by atoms with Gasteiger partial charge in [-0.15, -0.1) is 0 Å². The molecule has 2 aromatic carbocycles. The highest BCUT2D eigenvalue weighted by molar-refractivity contribution is 6.01. The summed E-state index contributed by atoms with van der Waals surface area (Å²) in [5.74, 6) is -0.874. The highest BCUT2D eigenvalue weighted by Crippen LogP contribution is 2.40. The van der Waals surface area contributed by atoms with Crippen LogP contribution in [0.5, 0.6) is 5.75 Å². The number of ketones is 1. The van der Waals surface area contributed by atoms with Crippen LogP contribution in [0.25, 0.3) is 11.0 Å². The first-order valence-corrected chi connectivity index (χ1v) is 10.7. The summed E-state index contributed by atoms with van der Waals surface area (Å²) in [5, 5.41) is 0.590. The zero-order valence-electron chi connectivity index (χ0n) is 18.5. The topological polar surface area (TPSA) is 93.4 Å². The highest BCUT2D eigenvalue weighted by atomic mass is 16.8. The molecule has 0 radical (unpaired) electrons. The molecule has 0 unspecified atom stereocenters. The van der Waals surface area contributed by atoms with Crippen molar-refractivity contribution in [3.05, 3.63) is 76.1 Å². The van der Waals surface area contributed by atoms with Gasteiger partial charge in [0, 0.05) is 11.5 Å². The lowest BCUT2D eigenvalue weighted by Gasteiger charge is -2.25. The smallest absolute Gasteiger partial charge is 0.347 e. The number of fused-ring (bicyclic) bond motifs is 2. The minimum atomic E-state index is -1.08. The zero-order chi connectivity index (χ0) is 23.2. The first-order valence-electron chi connectivity index (χ1n) is 10.7. The van der Waals surface area contributed by atoms with Gasteiger partial charge in [-0.3, -0.25) is 4.79 Å². The molecule has 8 heteroatoms. The number of Topliss-reactive ketones (excluding diaryl/α,β-unsaturated/α-hetero) is 1. The molecule has 172 valence electrons. The molecule has 1 aromatic heterocycles. The van der Waals surface area contributed by atoms with E-state index in [2.05, 4.69) is 0 Å². The average Bonchev–Trinajstić information content (AvgIpc) is 3.28. The number of hydrogen-bond donors (Lipinski definition) is 0. The van der Waals surface area contributed by atoms with Gasteiger partial charge >= 0.3 is 5.63 Å². The van der Waals surface area contributed by atoms with Crippen LogP contribution in [0.4, 0.5) is 0 Å². The summed E-state index contributed by atoms with van der Waals surface area (Å²) < 4.78 is 34.4. The molecule has 2 fully saturated rings. The van der Waals surface area contributed by atoms with E-state index in [4.69, 9.17) is 28.1 Å². The maximum atomic E-state index is 13.4. The van der Waals surface area contributed by atoms with Gasteiger partial charge in [0.1, 0.15) is 29.1 Å². The van der Waals surface area contributed by atoms with Crippen LogP contribution in [0.3, 0.4) is 0 Å². The summed E-state index contributed by atoms with van der Waals surface area (Å²) in [5.41, 5.74) is 0.380. The van der Waals surface area contributed by atoms with Gasteiger partial charge < -0.3 is 28.1 Å². The lowest BCUT2D eigenvalue weighted by Crippen LogP contribution is -2.41. The molecule has 3 heterocycles. The fourth-order valence-electron chi connectivity index (χ4n) is 4.18. The van der Waals surface area contributed by atoms with E-state index in [1.165, 1.54) is 13.2 Å². The van der Waals surface area contributed by atoms with Gasteiger partial charge in [0.05, 0.1) is 13.7 Å². The SMILES string of the molecule is COc1ccc2cc(C(=O)[C@H]3O[C@@H]4OC(C)(C)O[C@@H]4[C@@H]3OCc3ccccc3)c(=O)oc2c1. The van der Waals surface area contributed by atoms with Gasteiger partial charge in [0.2, 0.25) is 5.78 Å². The third-order valence-electron chi connectivity index (χ3n) is 5.74. The van der Waals surface area contributed by atoms with Crippen molar-refractivity contribution < 1.29 is 32.9 Å². The van der Waals surface area contributed by atoms with Crippen LogP contribution >= 0.6 is 0 Å². The quantitative estimate of drug-likeness (QED) is 0.415. The Morgan fingerprint density at radius 3 is 2.61 bits per heavy atom. The van der Waals surface area contributed by atoms with Crippen LogP contribution in [0.1, 0.15) is 29.8 Å². The van der Waals surface area contributed by atoms with Crippen molar-refractivity contribution in [1.82, 2.24) is 0 Å². The number of carbonyl (C=O) groups is 1. The molecule has 5 rings (SSSR count). The summed E-state index contributed by atoms with van der Waals surface area (Å²) in [6, 6.07) is 16.1. The molecule has 0 spiro atoms. The normalized spacial score (nSPS) is 25.8. The molecule has 4 atom stereocenters. The number of methoxy groups -OCH3 is 1. The second kappa shape index (κ2) is 8.39. The first kappa shape index (κ1) is 21.8. The summed E-state index contributed by atoms with van der Waals surface area (Å²) >= 11 is 0. The third kappa shape index (κ3) is 4.18. The van der Waals surface area contributed by atoms with E-state index in [1.807, 2.05) is 30.3 Å². The predicted molar refractivity (Wildman–Crippen MR) is 117 cm³/mol. The monoisotopic (exact) mass is 452 g/mol. The van der Waals surface area contributed by atoms with Crippen LogP contribution in [-0.4, -0.2) is 43.3 Å². The Balaban J connectivity index is 1.45. The minimum absolute atomic E-state index is 0.120. The Hall–Kier alpha value is -3.04. The molecule has 8 nitrogen and oxygen atoms in total. The molecule has 3 aromatic rings. The van der Waals surface area contributed by atoms with Gasteiger partial charge in [-0.1, -0.05) is 30.3 Å². The molecule has 0 saturated carbocycles. The zero-order valence-corrected chi connectivity index (χ0v) is 18.5. The Bertz CT molecular complexity index is 1230. The van der Waals surface area contributed by atoms with Crippen LogP contribution in [0.2, 0.25) is 0 Å². The van der Waals surface area contributed by atoms with Crippen molar-refractivity contribution in [1.29, 1.82) is 0 Å². The van der Waals surface area contributed by atoms with Crippen molar-refractivity contribution in [3.8, 4) is 5.75 Å². The number of ether oxygens (including phenoxy) is 5. The summed E-state index contributed by atoms with van der Waals surface area (Å²) in [6.07, 6.45) is -3.25. The number of carbonyl (C=O) groups excluding carboxylic acids is 1. The van der Waals surface area contributed by atoms with Crippen LogP contribution in [0.15, 0.2) is 63.8 Å². The summed E-state index contributed by atoms with van der Waals surface area (Å²) in [4.78, 5) is 26.1. The van der Waals surface area contributed by atoms with Gasteiger partial charge in [-0.25, -0.2) is 4.79 Å². The predicted octanol–water partition coefficient (Wildman–Crippen LogP) is 3.45.